The molecule has 1 atom stereocenters. The van der Waals surface area contributed by atoms with Gasteiger partial charge in [0.2, 0.25) is 0 Å². The molecule has 4 rings (SSSR count). The van der Waals surface area contributed by atoms with Crippen molar-refractivity contribution in [2.75, 3.05) is 6.61 Å². The van der Waals surface area contributed by atoms with Gasteiger partial charge in [0, 0.05) is 18.2 Å². The predicted octanol–water partition coefficient (Wildman–Crippen LogP) is 2.98. The minimum atomic E-state index is -0.374. The van der Waals surface area contributed by atoms with Crippen molar-refractivity contribution in [3.8, 4) is 5.75 Å². The molecule has 0 unspecified atom stereocenters. The second-order valence-electron chi connectivity index (χ2n) is 5.83. The summed E-state index contributed by atoms with van der Waals surface area (Å²) in [4.78, 5) is 12.6. The molecule has 0 fully saturated rings. The number of halogens is 2. The summed E-state index contributed by atoms with van der Waals surface area (Å²) >= 11 is 3.17. The Bertz CT molecular complexity index is 790. The largest absolute Gasteiger partial charge is 0.491 e. The maximum Gasteiger partial charge on any atom is 0.255 e. The zero-order valence-electron chi connectivity index (χ0n) is 12.3. The SMILES string of the molecule is O=C(N[C@@H]1COc2cc(F)c(Br)cc21)c1cnn2c1CCCC2. The van der Waals surface area contributed by atoms with E-state index in [1.54, 1.807) is 12.3 Å². The minimum Gasteiger partial charge on any atom is -0.491 e. The number of nitrogens with zero attached hydrogens (tertiary/aromatic N) is 2. The summed E-state index contributed by atoms with van der Waals surface area (Å²) in [7, 11) is 0. The number of benzene rings is 1. The van der Waals surface area contributed by atoms with Crippen molar-refractivity contribution in [1.82, 2.24) is 15.1 Å². The van der Waals surface area contributed by atoms with Crippen LogP contribution in [0, 0.1) is 5.82 Å². The Morgan fingerprint density at radius 2 is 2.30 bits per heavy atom. The first-order valence-corrected chi connectivity index (χ1v) is 8.40. The molecule has 0 saturated carbocycles. The summed E-state index contributed by atoms with van der Waals surface area (Å²) in [6.07, 6.45) is 4.68. The van der Waals surface area contributed by atoms with Crippen LogP contribution in [0.4, 0.5) is 4.39 Å². The van der Waals surface area contributed by atoms with Crippen molar-refractivity contribution in [3.63, 3.8) is 0 Å². The number of fused-ring (bicyclic) bond motifs is 2. The van der Waals surface area contributed by atoms with Crippen molar-refractivity contribution in [2.24, 2.45) is 0 Å². The third-order valence-electron chi connectivity index (χ3n) is 4.37. The van der Waals surface area contributed by atoms with Gasteiger partial charge in [-0.2, -0.15) is 5.10 Å². The Kier molecular flexibility index (Phi) is 3.60. The van der Waals surface area contributed by atoms with E-state index in [1.165, 1.54) is 6.07 Å². The molecule has 0 radical (unpaired) electrons. The van der Waals surface area contributed by atoms with Crippen LogP contribution in [0.5, 0.6) is 5.75 Å². The second-order valence-corrected chi connectivity index (χ2v) is 6.68. The van der Waals surface area contributed by atoms with Gasteiger partial charge >= 0.3 is 0 Å². The number of hydrogen-bond donors (Lipinski definition) is 1. The fourth-order valence-corrected chi connectivity index (χ4v) is 3.53. The van der Waals surface area contributed by atoms with E-state index in [1.807, 2.05) is 4.68 Å². The first-order chi connectivity index (χ1) is 11.1. The molecule has 0 bridgehead atoms. The average Bonchev–Trinajstić information content (AvgIpc) is 3.13. The molecular formula is C16H15BrFN3O2. The van der Waals surface area contributed by atoms with Gasteiger partial charge in [0.1, 0.15) is 18.2 Å². The predicted molar refractivity (Wildman–Crippen MR) is 85.0 cm³/mol. The fraction of sp³-hybridized carbons (Fsp3) is 0.375. The quantitative estimate of drug-likeness (QED) is 0.872. The Labute approximate surface area is 140 Å². The van der Waals surface area contributed by atoms with Crippen LogP contribution in [0.15, 0.2) is 22.8 Å². The highest BCUT2D eigenvalue weighted by atomic mass is 79.9. The molecule has 5 nitrogen and oxygen atoms in total. The number of rotatable bonds is 2. The van der Waals surface area contributed by atoms with E-state index in [-0.39, 0.29) is 17.8 Å². The van der Waals surface area contributed by atoms with E-state index < -0.39 is 0 Å². The van der Waals surface area contributed by atoms with Crippen LogP contribution in [-0.4, -0.2) is 22.3 Å². The monoisotopic (exact) mass is 379 g/mol. The number of amides is 1. The summed E-state index contributed by atoms with van der Waals surface area (Å²) in [5.41, 5.74) is 2.40. The summed E-state index contributed by atoms with van der Waals surface area (Å²) in [6.45, 7) is 1.17. The zero-order chi connectivity index (χ0) is 16.0. The molecule has 2 aliphatic heterocycles. The lowest BCUT2D eigenvalue weighted by Gasteiger charge is -2.16. The third kappa shape index (κ3) is 2.52. The van der Waals surface area contributed by atoms with Crippen molar-refractivity contribution in [2.45, 2.75) is 31.8 Å². The fourth-order valence-electron chi connectivity index (χ4n) is 3.17. The van der Waals surface area contributed by atoms with Gasteiger partial charge in [-0.05, 0) is 41.3 Å². The first-order valence-electron chi connectivity index (χ1n) is 7.61. The van der Waals surface area contributed by atoms with Crippen molar-refractivity contribution >= 4 is 21.8 Å². The van der Waals surface area contributed by atoms with Crippen LogP contribution in [0.1, 0.15) is 40.5 Å². The van der Waals surface area contributed by atoms with Gasteiger partial charge in [-0.15, -0.1) is 0 Å². The molecule has 1 aromatic carbocycles. The third-order valence-corrected chi connectivity index (χ3v) is 4.97. The molecule has 2 aromatic rings. The number of aromatic nitrogens is 2. The molecule has 0 spiro atoms. The summed E-state index contributed by atoms with van der Waals surface area (Å²) in [6, 6.07) is 2.72. The van der Waals surface area contributed by atoms with E-state index in [0.717, 1.165) is 37.1 Å². The number of carbonyl (C=O) groups excluding carboxylic acids is 1. The van der Waals surface area contributed by atoms with Gasteiger partial charge in [0.15, 0.2) is 0 Å². The number of carbonyl (C=O) groups is 1. The van der Waals surface area contributed by atoms with Gasteiger partial charge in [-0.1, -0.05) is 0 Å². The normalized spacial score (nSPS) is 19.0. The van der Waals surface area contributed by atoms with E-state index >= 15 is 0 Å². The van der Waals surface area contributed by atoms with Crippen molar-refractivity contribution in [3.05, 3.63) is 45.4 Å². The van der Waals surface area contributed by atoms with Crippen LogP contribution in [0.25, 0.3) is 0 Å². The van der Waals surface area contributed by atoms with E-state index in [2.05, 4.69) is 26.3 Å². The lowest BCUT2D eigenvalue weighted by atomic mass is 10.0. The van der Waals surface area contributed by atoms with Crippen LogP contribution < -0.4 is 10.1 Å². The molecule has 0 saturated heterocycles. The molecule has 1 amide bonds. The number of ether oxygens (including phenoxy) is 1. The average molecular weight is 380 g/mol. The highest BCUT2D eigenvalue weighted by molar-refractivity contribution is 9.10. The number of hydrogen-bond acceptors (Lipinski definition) is 3. The van der Waals surface area contributed by atoms with Gasteiger partial charge < -0.3 is 10.1 Å². The highest BCUT2D eigenvalue weighted by Crippen LogP contribution is 2.36. The van der Waals surface area contributed by atoms with Crippen LogP contribution in [0.2, 0.25) is 0 Å². The maximum atomic E-state index is 13.6. The van der Waals surface area contributed by atoms with E-state index in [0.29, 0.717) is 22.4 Å². The Morgan fingerprint density at radius 1 is 1.43 bits per heavy atom. The minimum absolute atomic E-state index is 0.157. The van der Waals surface area contributed by atoms with E-state index in [4.69, 9.17) is 4.74 Å². The highest BCUT2D eigenvalue weighted by Gasteiger charge is 2.29. The molecule has 23 heavy (non-hydrogen) atoms. The summed E-state index contributed by atoms with van der Waals surface area (Å²) in [5.74, 6) is -0.0514. The number of aryl methyl sites for hydroxylation is 1. The molecule has 1 N–H and O–H groups in total. The second kappa shape index (κ2) is 5.63. The van der Waals surface area contributed by atoms with Crippen LogP contribution in [-0.2, 0) is 13.0 Å². The molecule has 1 aromatic heterocycles. The van der Waals surface area contributed by atoms with Crippen LogP contribution >= 0.6 is 15.9 Å². The summed E-state index contributed by atoms with van der Waals surface area (Å²) < 4.78 is 21.3. The first kappa shape index (κ1) is 14.7. The van der Waals surface area contributed by atoms with E-state index in [9.17, 15) is 9.18 Å². The Balaban J connectivity index is 1.57. The standard InChI is InChI=1S/C16H15BrFN3O2/c17-11-5-9-13(8-23-15(9)6-12(11)18)20-16(22)10-7-19-21-4-2-1-3-14(10)21/h5-7,13H,1-4,8H2,(H,20,22)/t13-/m1/s1. The topological polar surface area (TPSA) is 56.1 Å². The zero-order valence-corrected chi connectivity index (χ0v) is 13.9. The Morgan fingerprint density at radius 3 is 3.17 bits per heavy atom. The lowest BCUT2D eigenvalue weighted by Crippen LogP contribution is -2.30. The Hall–Kier alpha value is -1.89. The molecular weight excluding hydrogens is 365 g/mol. The smallest absolute Gasteiger partial charge is 0.255 e. The number of nitrogens with one attached hydrogen (secondary N) is 1. The van der Waals surface area contributed by atoms with Crippen LogP contribution in [0.3, 0.4) is 0 Å². The summed E-state index contributed by atoms with van der Waals surface area (Å²) in [5, 5.41) is 7.26. The molecule has 120 valence electrons. The van der Waals surface area contributed by atoms with Gasteiger partial charge in [-0.25, -0.2) is 4.39 Å². The van der Waals surface area contributed by atoms with Gasteiger partial charge in [0.25, 0.3) is 5.91 Å². The molecule has 0 aliphatic carbocycles. The van der Waals surface area contributed by atoms with Gasteiger partial charge in [-0.3, -0.25) is 9.48 Å². The maximum absolute atomic E-state index is 13.6. The van der Waals surface area contributed by atoms with Crippen molar-refractivity contribution < 1.29 is 13.9 Å². The molecule has 2 aliphatic rings. The molecule has 7 heteroatoms. The van der Waals surface area contributed by atoms with Crippen molar-refractivity contribution in [1.29, 1.82) is 0 Å². The lowest BCUT2D eigenvalue weighted by molar-refractivity contribution is 0.0929. The van der Waals surface area contributed by atoms with Gasteiger partial charge in [0.05, 0.1) is 28.0 Å². The molecule has 3 heterocycles.